The molecule has 11 heavy (non-hydrogen) atoms. The zero-order chi connectivity index (χ0) is 8.85. The Bertz CT molecular complexity index is 170. The van der Waals surface area contributed by atoms with Gasteiger partial charge in [-0.15, -0.1) is 6.58 Å². The molecule has 0 unspecified atom stereocenters. The fraction of sp³-hybridized carbons (Fsp3) is 0.444. The first-order valence-electron chi connectivity index (χ1n) is 3.57. The third-order valence-corrected chi connectivity index (χ3v) is 1.47. The fourth-order valence-electron chi connectivity index (χ4n) is 0.806. The van der Waals surface area contributed by atoms with Gasteiger partial charge in [-0.3, -0.25) is 4.79 Å². The first kappa shape index (κ1) is 10.1. The Morgan fingerprint density at radius 1 is 1.64 bits per heavy atom. The molecule has 0 amide bonds. The molecule has 0 saturated heterocycles. The molecule has 0 aliphatic heterocycles. The van der Waals surface area contributed by atoms with Gasteiger partial charge in [0.05, 0.1) is 0 Å². The highest BCUT2D eigenvalue weighted by molar-refractivity contribution is 5.81. The molecule has 0 aliphatic carbocycles. The number of hydrogen-bond donors (Lipinski definition) is 1. The average Bonchev–Trinajstić information content (AvgIpc) is 1.98. The van der Waals surface area contributed by atoms with Gasteiger partial charge in [0.2, 0.25) is 0 Å². The second-order valence-electron chi connectivity index (χ2n) is 2.39. The standard InChI is InChI=1S/C9H14O2/c1-4-6-8(5-2)9(11)7(3)10/h4-6,8-9,11H,2H2,1,3H3/b6-4+/t8-,9-/m1/s1. The second kappa shape index (κ2) is 4.85. The molecule has 2 heteroatoms. The number of aliphatic hydroxyl groups is 1. The Morgan fingerprint density at radius 2 is 2.18 bits per heavy atom. The smallest absolute Gasteiger partial charge is 0.159 e. The van der Waals surface area contributed by atoms with E-state index in [1.54, 1.807) is 18.2 Å². The summed E-state index contributed by atoms with van der Waals surface area (Å²) in [6.07, 6.45) is 4.16. The Balaban J connectivity index is 4.24. The third kappa shape index (κ3) is 3.14. The van der Waals surface area contributed by atoms with Gasteiger partial charge in [0, 0.05) is 5.92 Å². The number of carbonyl (C=O) groups is 1. The van der Waals surface area contributed by atoms with Crippen molar-refractivity contribution in [2.45, 2.75) is 20.0 Å². The zero-order valence-corrected chi connectivity index (χ0v) is 6.95. The lowest BCUT2D eigenvalue weighted by atomic mass is 9.99. The number of Topliss-reactive ketones (excluding diaryl/α,β-unsaturated/α-hetero) is 1. The number of hydrogen-bond acceptors (Lipinski definition) is 2. The van der Waals surface area contributed by atoms with Crippen LogP contribution in [0.2, 0.25) is 0 Å². The molecule has 2 atom stereocenters. The van der Waals surface area contributed by atoms with Gasteiger partial charge in [0.15, 0.2) is 5.78 Å². The maximum absolute atomic E-state index is 10.7. The lowest BCUT2D eigenvalue weighted by Crippen LogP contribution is -2.24. The van der Waals surface area contributed by atoms with Gasteiger partial charge in [-0.25, -0.2) is 0 Å². The van der Waals surface area contributed by atoms with E-state index in [1.807, 2.05) is 6.92 Å². The summed E-state index contributed by atoms with van der Waals surface area (Å²) in [6, 6.07) is 0. The Morgan fingerprint density at radius 3 is 2.45 bits per heavy atom. The van der Waals surface area contributed by atoms with Gasteiger partial charge in [0.1, 0.15) is 6.10 Å². The van der Waals surface area contributed by atoms with Crippen molar-refractivity contribution in [1.29, 1.82) is 0 Å². The fourth-order valence-corrected chi connectivity index (χ4v) is 0.806. The highest BCUT2D eigenvalue weighted by Crippen LogP contribution is 2.07. The van der Waals surface area contributed by atoms with Crippen molar-refractivity contribution < 1.29 is 9.90 Å². The highest BCUT2D eigenvalue weighted by Gasteiger charge is 2.16. The maximum Gasteiger partial charge on any atom is 0.159 e. The van der Waals surface area contributed by atoms with E-state index in [0.717, 1.165) is 0 Å². The van der Waals surface area contributed by atoms with Crippen LogP contribution in [0.3, 0.4) is 0 Å². The van der Waals surface area contributed by atoms with Gasteiger partial charge in [0.25, 0.3) is 0 Å². The molecule has 0 bridgehead atoms. The number of ketones is 1. The summed E-state index contributed by atoms with van der Waals surface area (Å²) >= 11 is 0. The molecule has 0 rings (SSSR count). The summed E-state index contributed by atoms with van der Waals surface area (Å²) in [6.45, 7) is 6.72. The predicted molar refractivity (Wildman–Crippen MR) is 45.2 cm³/mol. The van der Waals surface area contributed by atoms with Crippen LogP contribution in [-0.2, 0) is 4.79 Å². The number of rotatable bonds is 4. The van der Waals surface area contributed by atoms with E-state index in [1.165, 1.54) is 6.92 Å². The molecule has 2 nitrogen and oxygen atoms in total. The van der Waals surface area contributed by atoms with Crippen LogP contribution in [0.5, 0.6) is 0 Å². The average molecular weight is 154 g/mol. The molecule has 62 valence electrons. The molecule has 0 spiro atoms. The molecular formula is C9H14O2. The van der Waals surface area contributed by atoms with Gasteiger partial charge >= 0.3 is 0 Å². The molecule has 0 aromatic rings. The van der Waals surface area contributed by atoms with E-state index in [-0.39, 0.29) is 11.7 Å². The van der Waals surface area contributed by atoms with Crippen LogP contribution in [-0.4, -0.2) is 17.0 Å². The van der Waals surface area contributed by atoms with Gasteiger partial charge in [-0.2, -0.15) is 0 Å². The number of aliphatic hydroxyl groups excluding tert-OH is 1. The van der Waals surface area contributed by atoms with Crippen LogP contribution < -0.4 is 0 Å². The van der Waals surface area contributed by atoms with Crippen molar-refractivity contribution in [2.24, 2.45) is 5.92 Å². The van der Waals surface area contributed by atoms with Crippen LogP contribution in [0.15, 0.2) is 24.8 Å². The van der Waals surface area contributed by atoms with E-state index in [4.69, 9.17) is 0 Å². The molecule has 0 heterocycles. The summed E-state index contributed by atoms with van der Waals surface area (Å²) in [5.41, 5.74) is 0. The van der Waals surface area contributed by atoms with Crippen molar-refractivity contribution in [3.05, 3.63) is 24.8 Å². The van der Waals surface area contributed by atoms with Crippen LogP contribution in [0, 0.1) is 5.92 Å². The SMILES string of the molecule is C=C[C@H](/C=C/C)[C@H](O)C(C)=O. The maximum atomic E-state index is 10.7. The quantitative estimate of drug-likeness (QED) is 0.620. The van der Waals surface area contributed by atoms with Gasteiger partial charge in [-0.05, 0) is 13.8 Å². The number of carbonyl (C=O) groups excluding carboxylic acids is 1. The largest absolute Gasteiger partial charge is 0.384 e. The van der Waals surface area contributed by atoms with Gasteiger partial charge in [-0.1, -0.05) is 18.2 Å². The monoisotopic (exact) mass is 154 g/mol. The summed E-state index contributed by atoms with van der Waals surface area (Å²) < 4.78 is 0. The summed E-state index contributed by atoms with van der Waals surface area (Å²) in [4.78, 5) is 10.7. The Labute approximate surface area is 67.2 Å². The lowest BCUT2D eigenvalue weighted by Gasteiger charge is -2.11. The van der Waals surface area contributed by atoms with E-state index in [9.17, 15) is 9.90 Å². The van der Waals surface area contributed by atoms with Crippen LogP contribution >= 0.6 is 0 Å². The van der Waals surface area contributed by atoms with Crippen LogP contribution in [0.1, 0.15) is 13.8 Å². The normalized spacial score (nSPS) is 16.3. The minimum absolute atomic E-state index is 0.229. The third-order valence-electron chi connectivity index (χ3n) is 1.47. The van der Waals surface area contributed by atoms with Crippen molar-refractivity contribution >= 4 is 5.78 Å². The summed E-state index contributed by atoms with van der Waals surface area (Å²) in [7, 11) is 0. The van der Waals surface area contributed by atoms with E-state index in [0.29, 0.717) is 0 Å². The van der Waals surface area contributed by atoms with Gasteiger partial charge < -0.3 is 5.11 Å². The van der Waals surface area contributed by atoms with Crippen molar-refractivity contribution in [2.75, 3.05) is 0 Å². The molecular weight excluding hydrogens is 140 g/mol. The summed E-state index contributed by atoms with van der Waals surface area (Å²) in [5, 5.41) is 9.25. The predicted octanol–water partition coefficient (Wildman–Crippen LogP) is 1.31. The van der Waals surface area contributed by atoms with E-state index < -0.39 is 6.10 Å². The molecule has 0 radical (unpaired) electrons. The first-order valence-corrected chi connectivity index (χ1v) is 3.57. The Kier molecular flexibility index (Phi) is 4.46. The molecule has 1 N–H and O–H groups in total. The minimum atomic E-state index is -0.941. The summed E-state index contributed by atoms with van der Waals surface area (Å²) in [5.74, 6) is -0.481. The van der Waals surface area contributed by atoms with Crippen LogP contribution in [0.4, 0.5) is 0 Å². The topological polar surface area (TPSA) is 37.3 Å². The molecule has 0 aromatic heterocycles. The minimum Gasteiger partial charge on any atom is -0.384 e. The first-order chi connectivity index (χ1) is 5.13. The lowest BCUT2D eigenvalue weighted by molar-refractivity contribution is -0.125. The molecule has 0 aromatic carbocycles. The van der Waals surface area contributed by atoms with E-state index in [2.05, 4.69) is 6.58 Å². The van der Waals surface area contributed by atoms with Crippen LogP contribution in [0.25, 0.3) is 0 Å². The van der Waals surface area contributed by atoms with Crippen molar-refractivity contribution in [1.82, 2.24) is 0 Å². The highest BCUT2D eigenvalue weighted by atomic mass is 16.3. The van der Waals surface area contributed by atoms with Crippen molar-refractivity contribution in [3.8, 4) is 0 Å². The second-order valence-corrected chi connectivity index (χ2v) is 2.39. The molecule has 0 fully saturated rings. The number of allylic oxidation sites excluding steroid dienone is 1. The van der Waals surface area contributed by atoms with Crippen molar-refractivity contribution in [3.63, 3.8) is 0 Å². The molecule has 0 saturated carbocycles. The molecule has 0 aliphatic rings. The Hall–Kier alpha value is -0.890. The zero-order valence-electron chi connectivity index (χ0n) is 6.95. The van der Waals surface area contributed by atoms with E-state index >= 15 is 0 Å².